The lowest BCUT2D eigenvalue weighted by atomic mass is 9.77. The summed E-state index contributed by atoms with van der Waals surface area (Å²) in [7, 11) is 7.13. The van der Waals surface area contributed by atoms with E-state index in [1.807, 2.05) is 65.6 Å². The number of ether oxygens (including phenoxy) is 6. The maximum absolute atomic E-state index is 14.3. The number of hydrogen-bond acceptors (Lipinski definition) is 14. The van der Waals surface area contributed by atoms with Gasteiger partial charge in [-0.15, -0.1) is 0 Å². The van der Waals surface area contributed by atoms with E-state index in [9.17, 15) is 30.3 Å². The third kappa shape index (κ3) is 10.7. The largest absolute Gasteiger partial charge is 0.459 e. The van der Waals surface area contributed by atoms with Gasteiger partial charge < -0.3 is 63.8 Å². The molecular weight excluding hydrogens is 688 g/mol. The maximum atomic E-state index is 14.3. The Hall–Kier alpha value is -1.01. The molecule has 53 heavy (non-hydrogen) atoms. The summed E-state index contributed by atoms with van der Waals surface area (Å²) in [6.07, 6.45) is -7.53. The van der Waals surface area contributed by atoms with Gasteiger partial charge in [-0.3, -0.25) is 4.79 Å². The Labute approximate surface area is 318 Å². The van der Waals surface area contributed by atoms with E-state index in [2.05, 4.69) is 0 Å². The Morgan fingerprint density at radius 2 is 1.57 bits per heavy atom. The van der Waals surface area contributed by atoms with Crippen LogP contribution >= 0.6 is 0 Å². The van der Waals surface area contributed by atoms with Crippen LogP contribution in [0.2, 0.25) is 0 Å². The van der Waals surface area contributed by atoms with Crippen molar-refractivity contribution >= 4 is 5.97 Å². The molecule has 3 fully saturated rings. The van der Waals surface area contributed by atoms with E-state index < -0.39 is 96.0 Å². The van der Waals surface area contributed by atoms with Crippen LogP contribution in [0.4, 0.5) is 0 Å². The highest BCUT2D eigenvalue weighted by molar-refractivity contribution is 5.73. The molecule has 3 saturated heterocycles. The quantitative estimate of drug-likeness (QED) is 0.228. The molecule has 0 aromatic heterocycles. The van der Waals surface area contributed by atoms with Gasteiger partial charge in [0.25, 0.3) is 0 Å². The van der Waals surface area contributed by atoms with Crippen LogP contribution in [0.15, 0.2) is 0 Å². The van der Waals surface area contributed by atoms with Crippen LogP contribution in [-0.2, 0) is 33.2 Å². The zero-order chi connectivity index (χ0) is 40.4. The number of carbonyl (C=O) groups excluding carboxylic acids is 1. The van der Waals surface area contributed by atoms with Crippen LogP contribution in [0.3, 0.4) is 0 Å². The number of aliphatic hydroxyl groups excluding tert-OH is 3. The van der Waals surface area contributed by atoms with Gasteiger partial charge in [-0.25, -0.2) is 0 Å². The fourth-order valence-electron chi connectivity index (χ4n) is 8.85. The first-order chi connectivity index (χ1) is 24.4. The molecule has 3 rings (SSSR count). The molecule has 8 unspecified atom stereocenters. The molecule has 0 spiro atoms. The molecule has 312 valence electrons. The molecule has 14 heteroatoms. The Balaban J connectivity index is 2.19. The third-order valence-corrected chi connectivity index (χ3v) is 12.4. The van der Waals surface area contributed by atoms with Gasteiger partial charge in [0, 0.05) is 38.1 Å². The molecule has 3 aliphatic heterocycles. The van der Waals surface area contributed by atoms with Crippen LogP contribution in [0.1, 0.15) is 101 Å². The zero-order valence-corrected chi connectivity index (χ0v) is 34.9. The number of rotatable bonds is 8. The van der Waals surface area contributed by atoms with Crippen LogP contribution in [-0.4, -0.2) is 166 Å². The van der Waals surface area contributed by atoms with Crippen molar-refractivity contribution in [3.8, 4) is 0 Å². The zero-order valence-electron chi connectivity index (χ0n) is 34.9. The fourth-order valence-corrected chi connectivity index (χ4v) is 8.85. The van der Waals surface area contributed by atoms with Gasteiger partial charge in [-0.05, 0) is 94.8 Å². The third-order valence-electron chi connectivity index (χ3n) is 12.4. The van der Waals surface area contributed by atoms with Gasteiger partial charge in [0.05, 0.1) is 41.5 Å². The highest BCUT2D eigenvalue weighted by atomic mass is 16.7. The lowest BCUT2D eigenvalue weighted by Crippen LogP contribution is -2.60. The van der Waals surface area contributed by atoms with Gasteiger partial charge in [0.2, 0.25) is 0 Å². The van der Waals surface area contributed by atoms with Crippen molar-refractivity contribution < 1.29 is 58.7 Å². The first kappa shape index (κ1) is 46.4. The molecule has 18 atom stereocenters. The van der Waals surface area contributed by atoms with Gasteiger partial charge >= 0.3 is 5.97 Å². The Morgan fingerprint density at radius 3 is 2.13 bits per heavy atom. The van der Waals surface area contributed by atoms with Crippen molar-refractivity contribution in [2.24, 2.45) is 17.8 Å². The highest BCUT2D eigenvalue weighted by Gasteiger charge is 2.52. The van der Waals surface area contributed by atoms with Crippen molar-refractivity contribution in [1.29, 1.82) is 0 Å². The topological polar surface area (TPSA) is 180 Å². The number of carbonyl (C=O) groups is 1. The lowest BCUT2D eigenvalue weighted by molar-refractivity contribution is -0.318. The molecule has 3 aliphatic rings. The predicted molar refractivity (Wildman–Crippen MR) is 199 cm³/mol. The standard InChI is InChI=1S/C39H74N2O12/c1-15-16-28-39(10,47)32(43)25(6)41(13)20-21(2)18-37(8,46)34(53-36-30(42)27(40(11)12)17-22(3)49-36)23(4)31(24(5)35(45)51-28)52-29-19-38(9,48-14)33(44)26(7)50-29/h21-34,36,42-44,46-47H,15-20H2,1-14H3/t21-,22?,23+,24-,25-,26?,27?,28-,29?,30?,31+,32-,33?,34-,36?,37+,38?,39-/m1/s1. The molecule has 0 amide bonds. The van der Waals surface area contributed by atoms with Gasteiger partial charge in [-0.1, -0.05) is 27.2 Å². The van der Waals surface area contributed by atoms with E-state index in [-0.39, 0.29) is 30.9 Å². The first-order valence-electron chi connectivity index (χ1n) is 19.6. The second-order valence-corrected chi connectivity index (χ2v) is 17.5. The fraction of sp³-hybridized carbons (Fsp3) is 0.974. The van der Waals surface area contributed by atoms with Gasteiger partial charge in [0.15, 0.2) is 12.6 Å². The molecule has 0 aromatic rings. The predicted octanol–water partition coefficient (Wildman–Crippen LogP) is 2.29. The summed E-state index contributed by atoms with van der Waals surface area (Å²) in [5.74, 6) is -2.57. The summed E-state index contributed by atoms with van der Waals surface area (Å²) < 4.78 is 37.7. The van der Waals surface area contributed by atoms with Crippen molar-refractivity contribution in [2.75, 3.05) is 34.8 Å². The summed E-state index contributed by atoms with van der Waals surface area (Å²) >= 11 is 0. The maximum Gasteiger partial charge on any atom is 0.311 e. The minimum Gasteiger partial charge on any atom is -0.459 e. The summed E-state index contributed by atoms with van der Waals surface area (Å²) in [6, 6.07) is -0.808. The molecule has 3 heterocycles. The number of aliphatic hydroxyl groups is 5. The van der Waals surface area contributed by atoms with Crippen LogP contribution in [0, 0.1) is 17.8 Å². The summed E-state index contributed by atoms with van der Waals surface area (Å²) in [6.45, 7) is 18.2. The van der Waals surface area contributed by atoms with Crippen molar-refractivity contribution in [3.63, 3.8) is 0 Å². The summed E-state index contributed by atoms with van der Waals surface area (Å²) in [5.41, 5.74) is -4.38. The monoisotopic (exact) mass is 763 g/mol. The van der Waals surface area contributed by atoms with Crippen LogP contribution in [0.25, 0.3) is 0 Å². The van der Waals surface area contributed by atoms with E-state index >= 15 is 0 Å². The summed E-state index contributed by atoms with van der Waals surface area (Å²) in [4.78, 5) is 18.2. The second-order valence-electron chi connectivity index (χ2n) is 17.5. The summed E-state index contributed by atoms with van der Waals surface area (Å²) in [5, 5.41) is 58.4. The number of nitrogens with zero attached hydrogens (tertiary/aromatic N) is 2. The Kier molecular flexibility index (Phi) is 16.2. The van der Waals surface area contributed by atoms with Crippen LogP contribution < -0.4 is 0 Å². The van der Waals surface area contributed by atoms with Gasteiger partial charge in [0.1, 0.15) is 30.0 Å². The number of methoxy groups -OCH3 is 1. The molecule has 0 bridgehead atoms. The van der Waals surface area contributed by atoms with E-state index in [0.29, 0.717) is 25.8 Å². The van der Waals surface area contributed by atoms with Gasteiger partial charge in [-0.2, -0.15) is 0 Å². The average molecular weight is 763 g/mol. The van der Waals surface area contributed by atoms with Crippen LogP contribution in [0.5, 0.6) is 0 Å². The Morgan fingerprint density at radius 1 is 0.943 bits per heavy atom. The van der Waals surface area contributed by atoms with E-state index in [1.54, 1.807) is 27.7 Å². The minimum absolute atomic E-state index is 0.134. The SMILES string of the molecule is CCC[C@H]1OC(=O)[C@H](C)[C@@H](OC2CC(C)(OC)C(O)C(C)O2)[C@H](C)[C@@H](OC2OC(C)CC(N(C)C)C2O)[C@@](C)(O)C[C@@H](C)CN(C)[C@H](C)[C@@H](O)[C@]1(C)O. The number of esters is 1. The Bertz CT molecular complexity index is 1160. The average Bonchev–Trinajstić information content (AvgIpc) is 3.07. The smallest absolute Gasteiger partial charge is 0.311 e. The number of likely N-dealkylation sites (N-methyl/N-ethyl adjacent to an activating group) is 2. The molecule has 5 N–H and O–H groups in total. The second kappa shape index (κ2) is 18.5. The normalized spacial score (nSPS) is 48.9. The first-order valence-corrected chi connectivity index (χ1v) is 19.6. The number of cyclic esters (lactones) is 1. The molecule has 0 saturated carbocycles. The van der Waals surface area contributed by atoms with E-state index in [1.165, 1.54) is 14.0 Å². The van der Waals surface area contributed by atoms with Crippen molar-refractivity contribution in [3.05, 3.63) is 0 Å². The van der Waals surface area contributed by atoms with E-state index in [0.717, 1.165) is 0 Å². The minimum atomic E-state index is -1.80. The number of hydrogen-bond donors (Lipinski definition) is 5. The molecule has 0 radical (unpaired) electrons. The highest BCUT2D eigenvalue weighted by Crippen LogP contribution is 2.40. The van der Waals surface area contributed by atoms with Crippen molar-refractivity contribution in [2.45, 2.75) is 192 Å². The van der Waals surface area contributed by atoms with E-state index in [4.69, 9.17) is 28.4 Å². The lowest BCUT2D eigenvalue weighted by Gasteiger charge is -2.48. The molecule has 0 aromatic carbocycles. The van der Waals surface area contributed by atoms with Crippen molar-refractivity contribution in [1.82, 2.24) is 9.80 Å². The molecular formula is C39H74N2O12. The molecule has 0 aliphatic carbocycles. The molecule has 14 nitrogen and oxygen atoms in total.